The summed E-state index contributed by atoms with van der Waals surface area (Å²) in [5, 5.41) is 10.4. The summed E-state index contributed by atoms with van der Waals surface area (Å²) in [6, 6.07) is 16.7. The Morgan fingerprint density at radius 2 is 1.71 bits per heavy atom. The Kier molecular flexibility index (Phi) is 4.77. The number of aromatic nitrogens is 1. The highest BCUT2D eigenvalue weighted by Gasteiger charge is 2.15. The van der Waals surface area contributed by atoms with E-state index in [0.29, 0.717) is 32.4 Å². The van der Waals surface area contributed by atoms with Crippen LogP contribution in [0.4, 0.5) is 5.82 Å². The van der Waals surface area contributed by atoms with Crippen LogP contribution in [0.5, 0.6) is 0 Å². The number of halogens is 3. The molecular weight excluding hydrogens is 409 g/mol. The van der Waals surface area contributed by atoms with E-state index in [1.807, 2.05) is 30.3 Å². The minimum Gasteiger partial charge on any atom is -0.383 e. The molecule has 0 radical (unpaired) electrons. The third-order valence-corrected chi connectivity index (χ3v) is 4.60. The molecular formula is C18H10BrCl2N3. The summed E-state index contributed by atoms with van der Waals surface area (Å²) in [5.74, 6) is 0.166. The van der Waals surface area contributed by atoms with Crippen LogP contribution in [-0.2, 0) is 0 Å². The van der Waals surface area contributed by atoms with Crippen LogP contribution in [0.25, 0.3) is 22.4 Å². The Balaban J connectivity index is 2.24. The van der Waals surface area contributed by atoms with Crippen LogP contribution in [0.2, 0.25) is 10.0 Å². The van der Waals surface area contributed by atoms with Crippen molar-refractivity contribution in [1.82, 2.24) is 4.98 Å². The van der Waals surface area contributed by atoms with Gasteiger partial charge in [-0.2, -0.15) is 5.26 Å². The van der Waals surface area contributed by atoms with Gasteiger partial charge in [-0.05, 0) is 30.3 Å². The molecule has 2 N–H and O–H groups in total. The van der Waals surface area contributed by atoms with Crippen LogP contribution < -0.4 is 5.73 Å². The van der Waals surface area contributed by atoms with Gasteiger partial charge in [-0.3, -0.25) is 0 Å². The molecule has 0 saturated carbocycles. The lowest BCUT2D eigenvalue weighted by Crippen LogP contribution is -2.00. The number of benzene rings is 2. The molecule has 0 atom stereocenters. The number of hydrogen-bond donors (Lipinski definition) is 1. The average Bonchev–Trinajstić information content (AvgIpc) is 2.55. The smallest absolute Gasteiger partial charge is 0.142 e. The summed E-state index contributed by atoms with van der Waals surface area (Å²) in [6.45, 7) is 0. The quantitative estimate of drug-likeness (QED) is 0.560. The third kappa shape index (κ3) is 3.25. The van der Waals surface area contributed by atoms with Crippen LogP contribution in [0.1, 0.15) is 5.56 Å². The minimum absolute atomic E-state index is 0.166. The largest absolute Gasteiger partial charge is 0.383 e. The molecule has 1 aromatic heterocycles. The first-order valence-electron chi connectivity index (χ1n) is 6.91. The van der Waals surface area contributed by atoms with Gasteiger partial charge < -0.3 is 5.73 Å². The van der Waals surface area contributed by atoms with Crippen molar-refractivity contribution in [2.45, 2.75) is 0 Å². The topological polar surface area (TPSA) is 62.7 Å². The lowest BCUT2D eigenvalue weighted by molar-refractivity contribution is 1.31. The molecule has 0 aliphatic rings. The third-order valence-electron chi connectivity index (χ3n) is 3.52. The summed E-state index contributed by atoms with van der Waals surface area (Å²) in [4.78, 5) is 4.35. The first-order chi connectivity index (χ1) is 11.5. The Morgan fingerprint density at radius 1 is 1.00 bits per heavy atom. The molecule has 0 amide bonds. The molecule has 3 nitrogen and oxygen atoms in total. The van der Waals surface area contributed by atoms with Crippen molar-refractivity contribution in [3.05, 3.63) is 68.6 Å². The van der Waals surface area contributed by atoms with Crippen molar-refractivity contribution in [3.63, 3.8) is 0 Å². The molecule has 3 rings (SSSR count). The van der Waals surface area contributed by atoms with E-state index in [2.05, 4.69) is 27.0 Å². The SMILES string of the molecule is N#Cc1c(-c2ccc(Cl)cc2Cl)cc(-c2ccc(Br)cc2)nc1N. The van der Waals surface area contributed by atoms with Crippen LogP contribution in [0.3, 0.4) is 0 Å². The van der Waals surface area contributed by atoms with E-state index in [1.54, 1.807) is 18.2 Å². The van der Waals surface area contributed by atoms with Crippen molar-refractivity contribution >= 4 is 44.9 Å². The van der Waals surface area contributed by atoms with Gasteiger partial charge in [0.25, 0.3) is 0 Å². The predicted molar refractivity (Wildman–Crippen MR) is 102 cm³/mol. The summed E-state index contributed by atoms with van der Waals surface area (Å²) in [5.41, 5.74) is 9.17. The van der Waals surface area contributed by atoms with E-state index < -0.39 is 0 Å². The van der Waals surface area contributed by atoms with Crippen LogP contribution in [-0.4, -0.2) is 4.98 Å². The summed E-state index contributed by atoms with van der Waals surface area (Å²) < 4.78 is 0.967. The predicted octanol–water partition coefficient (Wildman–Crippen LogP) is 5.94. The molecule has 6 heteroatoms. The zero-order chi connectivity index (χ0) is 17.3. The van der Waals surface area contributed by atoms with Crippen LogP contribution in [0, 0.1) is 11.3 Å². The van der Waals surface area contributed by atoms with Crippen molar-refractivity contribution in [3.8, 4) is 28.5 Å². The highest BCUT2D eigenvalue weighted by atomic mass is 79.9. The van der Waals surface area contributed by atoms with Gasteiger partial charge in [-0.1, -0.05) is 57.3 Å². The summed E-state index contributed by atoms with van der Waals surface area (Å²) >= 11 is 15.7. The molecule has 0 saturated heterocycles. The second-order valence-electron chi connectivity index (χ2n) is 5.06. The van der Waals surface area contributed by atoms with Gasteiger partial charge in [0.2, 0.25) is 0 Å². The van der Waals surface area contributed by atoms with Gasteiger partial charge in [0.05, 0.1) is 5.69 Å². The fraction of sp³-hybridized carbons (Fsp3) is 0. The molecule has 24 heavy (non-hydrogen) atoms. The molecule has 3 aromatic rings. The van der Waals surface area contributed by atoms with Gasteiger partial charge in [-0.25, -0.2) is 4.98 Å². The molecule has 0 bridgehead atoms. The lowest BCUT2D eigenvalue weighted by atomic mass is 9.98. The average molecular weight is 419 g/mol. The van der Waals surface area contributed by atoms with E-state index in [1.165, 1.54) is 0 Å². The second kappa shape index (κ2) is 6.82. The van der Waals surface area contributed by atoms with E-state index in [9.17, 15) is 5.26 Å². The fourth-order valence-electron chi connectivity index (χ4n) is 2.37. The lowest BCUT2D eigenvalue weighted by Gasteiger charge is -2.12. The summed E-state index contributed by atoms with van der Waals surface area (Å²) in [7, 11) is 0. The molecule has 0 unspecified atom stereocenters. The fourth-order valence-corrected chi connectivity index (χ4v) is 3.15. The van der Waals surface area contributed by atoms with Crippen LogP contribution >= 0.6 is 39.1 Å². The Hall–Kier alpha value is -2.06. The highest BCUT2D eigenvalue weighted by molar-refractivity contribution is 9.10. The van der Waals surface area contributed by atoms with Crippen molar-refractivity contribution in [2.24, 2.45) is 0 Å². The maximum absolute atomic E-state index is 9.46. The normalized spacial score (nSPS) is 10.4. The van der Waals surface area contributed by atoms with Gasteiger partial charge in [0.1, 0.15) is 17.5 Å². The molecule has 0 spiro atoms. The summed E-state index contributed by atoms with van der Waals surface area (Å²) in [6.07, 6.45) is 0. The molecule has 0 fully saturated rings. The monoisotopic (exact) mass is 417 g/mol. The van der Waals surface area contributed by atoms with Gasteiger partial charge >= 0.3 is 0 Å². The Morgan fingerprint density at radius 3 is 2.33 bits per heavy atom. The highest BCUT2D eigenvalue weighted by Crippen LogP contribution is 2.36. The number of hydrogen-bond acceptors (Lipinski definition) is 3. The Labute approximate surface area is 157 Å². The number of nitriles is 1. The number of rotatable bonds is 2. The van der Waals surface area contributed by atoms with Gasteiger partial charge in [0, 0.05) is 31.2 Å². The molecule has 0 aliphatic heterocycles. The first-order valence-corrected chi connectivity index (χ1v) is 8.46. The van der Waals surface area contributed by atoms with Gasteiger partial charge in [-0.15, -0.1) is 0 Å². The van der Waals surface area contributed by atoms with E-state index in [-0.39, 0.29) is 5.82 Å². The number of nitrogens with zero attached hydrogens (tertiary/aromatic N) is 2. The number of nitrogens with two attached hydrogens (primary N) is 1. The van der Waals surface area contributed by atoms with Gasteiger partial charge in [0.15, 0.2) is 0 Å². The number of nitrogen functional groups attached to an aromatic ring is 1. The molecule has 2 aromatic carbocycles. The maximum Gasteiger partial charge on any atom is 0.142 e. The zero-order valence-electron chi connectivity index (χ0n) is 12.2. The van der Waals surface area contributed by atoms with Crippen LogP contribution in [0.15, 0.2) is 53.0 Å². The standard InChI is InChI=1S/C18H10BrCl2N3/c19-11-3-1-10(2-4-11)17-8-14(15(9-22)18(23)24-17)13-6-5-12(20)7-16(13)21/h1-8H,(H2,23,24). The van der Waals surface area contributed by atoms with E-state index in [0.717, 1.165) is 10.0 Å². The Bertz CT molecular complexity index is 963. The van der Waals surface area contributed by atoms with Crippen molar-refractivity contribution in [2.75, 3.05) is 5.73 Å². The minimum atomic E-state index is 0.166. The van der Waals surface area contributed by atoms with Crippen molar-refractivity contribution in [1.29, 1.82) is 5.26 Å². The molecule has 118 valence electrons. The second-order valence-corrected chi connectivity index (χ2v) is 6.82. The van der Waals surface area contributed by atoms with Crippen molar-refractivity contribution < 1.29 is 0 Å². The molecule has 0 aliphatic carbocycles. The van der Waals surface area contributed by atoms with E-state index in [4.69, 9.17) is 28.9 Å². The van der Waals surface area contributed by atoms with E-state index >= 15 is 0 Å². The number of anilines is 1. The molecule has 1 heterocycles. The maximum atomic E-state index is 9.46. The first kappa shape index (κ1) is 16.8. The zero-order valence-corrected chi connectivity index (χ0v) is 15.3. The number of pyridine rings is 1.